The van der Waals surface area contributed by atoms with E-state index >= 15 is 0 Å². The Morgan fingerprint density at radius 2 is 1.61 bits per heavy atom. The van der Waals surface area contributed by atoms with Crippen molar-refractivity contribution in [2.24, 2.45) is 0 Å². The second kappa shape index (κ2) is 10.9. The number of sulfonamides is 1. The lowest BCUT2D eigenvalue weighted by Gasteiger charge is -2.34. The van der Waals surface area contributed by atoms with E-state index in [4.69, 9.17) is 4.74 Å². The molecule has 1 heterocycles. The molecule has 1 fully saturated rings. The average molecular weight is 473 g/mol. The van der Waals surface area contributed by atoms with E-state index in [2.05, 4.69) is 6.07 Å². The Labute approximate surface area is 196 Å². The number of unbranched alkanes of at least 4 members (excludes halogenated alkanes) is 1. The predicted molar refractivity (Wildman–Crippen MR) is 127 cm³/mol. The summed E-state index contributed by atoms with van der Waals surface area (Å²) >= 11 is 0. The van der Waals surface area contributed by atoms with Crippen LogP contribution in [0.15, 0.2) is 47.4 Å². The highest BCUT2D eigenvalue weighted by Crippen LogP contribution is 2.21. The number of aryl methyl sites for hydroxylation is 2. The van der Waals surface area contributed by atoms with Crippen LogP contribution in [0.5, 0.6) is 5.75 Å². The molecule has 33 heavy (non-hydrogen) atoms. The molecule has 2 aromatic carbocycles. The Morgan fingerprint density at radius 1 is 0.939 bits per heavy atom. The number of ketones is 1. The van der Waals surface area contributed by atoms with E-state index in [-0.39, 0.29) is 29.7 Å². The zero-order chi connectivity index (χ0) is 24.0. The standard InChI is InChI=1S/C25H32N2O5S/c1-19-7-8-20(2)24(18-19)32-17-5-4-6-25(29)26-13-15-27(16-14-26)33(30,31)23-11-9-22(10-12-23)21(3)28/h7-12,18H,4-6,13-17H2,1-3H3. The van der Waals surface area contributed by atoms with Gasteiger partial charge in [0, 0.05) is 38.2 Å². The van der Waals surface area contributed by atoms with Gasteiger partial charge in [0.15, 0.2) is 5.78 Å². The normalized spacial score (nSPS) is 14.8. The Bertz CT molecular complexity index is 1090. The quantitative estimate of drug-likeness (QED) is 0.411. The lowest BCUT2D eigenvalue weighted by Crippen LogP contribution is -2.50. The fourth-order valence-electron chi connectivity index (χ4n) is 3.77. The number of nitrogens with zero attached hydrogens (tertiary/aromatic N) is 2. The molecule has 178 valence electrons. The van der Waals surface area contributed by atoms with E-state index in [1.165, 1.54) is 35.5 Å². The molecule has 8 heteroatoms. The molecule has 0 saturated carbocycles. The number of rotatable bonds is 9. The maximum absolute atomic E-state index is 12.9. The van der Waals surface area contributed by atoms with Crippen LogP contribution in [0.3, 0.4) is 0 Å². The van der Waals surface area contributed by atoms with Gasteiger partial charge in [-0.2, -0.15) is 4.31 Å². The van der Waals surface area contributed by atoms with Crippen LogP contribution in [-0.4, -0.2) is 62.1 Å². The van der Waals surface area contributed by atoms with Gasteiger partial charge in [0.2, 0.25) is 15.9 Å². The number of carbonyl (C=O) groups is 2. The monoisotopic (exact) mass is 472 g/mol. The molecule has 0 unspecified atom stereocenters. The fraction of sp³-hybridized carbons (Fsp3) is 0.440. The molecule has 1 aliphatic heterocycles. The maximum atomic E-state index is 12.9. The van der Waals surface area contributed by atoms with Crippen LogP contribution < -0.4 is 4.74 Å². The molecule has 7 nitrogen and oxygen atoms in total. The Kier molecular flexibility index (Phi) is 8.26. The lowest BCUT2D eigenvalue weighted by molar-refractivity contribution is -0.132. The number of amides is 1. The van der Waals surface area contributed by atoms with Crippen LogP contribution in [-0.2, 0) is 14.8 Å². The number of ether oxygens (including phenoxy) is 1. The molecule has 0 aliphatic carbocycles. The summed E-state index contributed by atoms with van der Waals surface area (Å²) in [5.41, 5.74) is 2.73. The summed E-state index contributed by atoms with van der Waals surface area (Å²) in [6.45, 7) is 7.32. The molecule has 1 saturated heterocycles. The highest BCUT2D eigenvalue weighted by Gasteiger charge is 2.30. The molecule has 1 aliphatic rings. The summed E-state index contributed by atoms with van der Waals surface area (Å²) in [5, 5.41) is 0. The van der Waals surface area contributed by atoms with Crippen molar-refractivity contribution in [1.29, 1.82) is 0 Å². The number of Topliss-reactive ketones (excluding diaryl/α,β-unsaturated/α-hetero) is 1. The Balaban J connectivity index is 1.42. The van der Waals surface area contributed by atoms with E-state index in [0.717, 1.165) is 29.7 Å². The molecule has 0 bridgehead atoms. The van der Waals surface area contributed by atoms with Crippen molar-refractivity contribution in [3.8, 4) is 5.75 Å². The zero-order valence-electron chi connectivity index (χ0n) is 19.5. The second-order valence-electron chi connectivity index (χ2n) is 8.44. The number of hydrogen-bond donors (Lipinski definition) is 0. The van der Waals surface area contributed by atoms with Crippen molar-refractivity contribution in [1.82, 2.24) is 9.21 Å². The molecule has 0 N–H and O–H groups in total. The summed E-state index contributed by atoms with van der Waals surface area (Å²) in [4.78, 5) is 25.8. The smallest absolute Gasteiger partial charge is 0.243 e. The van der Waals surface area contributed by atoms with Gasteiger partial charge in [-0.25, -0.2) is 8.42 Å². The Morgan fingerprint density at radius 3 is 2.24 bits per heavy atom. The lowest BCUT2D eigenvalue weighted by atomic mass is 10.1. The van der Waals surface area contributed by atoms with Crippen LogP contribution in [0.1, 0.15) is 47.7 Å². The molecular weight excluding hydrogens is 440 g/mol. The van der Waals surface area contributed by atoms with Gasteiger partial charge in [-0.1, -0.05) is 24.3 Å². The largest absolute Gasteiger partial charge is 0.493 e. The second-order valence-corrected chi connectivity index (χ2v) is 10.4. The van der Waals surface area contributed by atoms with Gasteiger partial charge in [0.25, 0.3) is 0 Å². The van der Waals surface area contributed by atoms with Crippen molar-refractivity contribution in [3.63, 3.8) is 0 Å². The van der Waals surface area contributed by atoms with Crippen LogP contribution in [0, 0.1) is 13.8 Å². The number of benzene rings is 2. The number of piperazine rings is 1. The first-order valence-corrected chi connectivity index (χ1v) is 12.7. The van der Waals surface area contributed by atoms with E-state index in [9.17, 15) is 18.0 Å². The highest BCUT2D eigenvalue weighted by atomic mass is 32.2. The van der Waals surface area contributed by atoms with Crippen molar-refractivity contribution in [3.05, 3.63) is 59.2 Å². The third-order valence-electron chi connectivity index (χ3n) is 5.88. The third kappa shape index (κ3) is 6.42. The van der Waals surface area contributed by atoms with Crippen LogP contribution >= 0.6 is 0 Å². The minimum absolute atomic E-state index is 0.0459. The van der Waals surface area contributed by atoms with Gasteiger partial charge in [-0.3, -0.25) is 9.59 Å². The first kappa shape index (κ1) is 24.9. The molecule has 1 amide bonds. The summed E-state index contributed by atoms with van der Waals surface area (Å²) in [5.74, 6) is 0.821. The fourth-order valence-corrected chi connectivity index (χ4v) is 5.19. The topological polar surface area (TPSA) is 84.0 Å². The minimum atomic E-state index is -3.64. The van der Waals surface area contributed by atoms with E-state index in [0.29, 0.717) is 31.7 Å². The van der Waals surface area contributed by atoms with Gasteiger partial charge in [0.1, 0.15) is 5.75 Å². The average Bonchev–Trinajstić information content (AvgIpc) is 2.81. The Hall–Kier alpha value is -2.71. The maximum Gasteiger partial charge on any atom is 0.243 e. The molecule has 0 radical (unpaired) electrons. The molecule has 0 aromatic heterocycles. The summed E-state index contributed by atoms with van der Waals surface area (Å²) in [6.07, 6.45) is 1.93. The van der Waals surface area contributed by atoms with Crippen LogP contribution in [0.25, 0.3) is 0 Å². The molecule has 0 atom stereocenters. The zero-order valence-corrected chi connectivity index (χ0v) is 20.4. The predicted octanol–water partition coefficient (Wildman–Crippen LogP) is 3.59. The summed E-state index contributed by atoms with van der Waals surface area (Å²) in [6, 6.07) is 12.1. The van der Waals surface area contributed by atoms with Crippen molar-refractivity contribution in [2.45, 2.75) is 44.9 Å². The molecule has 2 aromatic rings. The molecular formula is C25H32N2O5S. The minimum Gasteiger partial charge on any atom is -0.493 e. The first-order valence-electron chi connectivity index (χ1n) is 11.3. The summed E-state index contributed by atoms with van der Waals surface area (Å²) in [7, 11) is -3.64. The van der Waals surface area contributed by atoms with Crippen molar-refractivity contribution in [2.75, 3.05) is 32.8 Å². The van der Waals surface area contributed by atoms with Gasteiger partial charge < -0.3 is 9.64 Å². The van der Waals surface area contributed by atoms with Gasteiger partial charge in [-0.05, 0) is 62.9 Å². The number of hydrogen-bond acceptors (Lipinski definition) is 5. The van der Waals surface area contributed by atoms with Crippen LogP contribution in [0.4, 0.5) is 0 Å². The SMILES string of the molecule is CC(=O)c1ccc(S(=O)(=O)N2CCN(C(=O)CCCCOc3cc(C)ccc3C)CC2)cc1. The summed E-state index contributed by atoms with van der Waals surface area (Å²) < 4.78 is 33.0. The van der Waals surface area contributed by atoms with Gasteiger partial charge in [0.05, 0.1) is 11.5 Å². The van der Waals surface area contributed by atoms with Gasteiger partial charge in [-0.15, -0.1) is 0 Å². The number of carbonyl (C=O) groups excluding carboxylic acids is 2. The van der Waals surface area contributed by atoms with Gasteiger partial charge >= 0.3 is 0 Å². The first-order chi connectivity index (χ1) is 15.7. The van der Waals surface area contributed by atoms with Crippen molar-refractivity contribution >= 4 is 21.7 Å². The van der Waals surface area contributed by atoms with Crippen LogP contribution in [0.2, 0.25) is 0 Å². The highest BCUT2D eigenvalue weighted by molar-refractivity contribution is 7.89. The molecule has 0 spiro atoms. The van der Waals surface area contributed by atoms with Crippen molar-refractivity contribution < 1.29 is 22.7 Å². The van der Waals surface area contributed by atoms with E-state index in [1.54, 1.807) is 4.90 Å². The van der Waals surface area contributed by atoms with E-state index in [1.807, 2.05) is 26.0 Å². The third-order valence-corrected chi connectivity index (χ3v) is 7.79. The molecule has 3 rings (SSSR count). The van der Waals surface area contributed by atoms with E-state index < -0.39 is 10.0 Å².